The third-order valence-corrected chi connectivity index (χ3v) is 4.79. The van der Waals surface area contributed by atoms with Gasteiger partial charge < -0.3 is 4.57 Å². The Balaban J connectivity index is 1.98. The van der Waals surface area contributed by atoms with Crippen molar-refractivity contribution < 1.29 is 4.39 Å². The number of thiophene rings is 1. The van der Waals surface area contributed by atoms with Crippen LogP contribution < -0.4 is 0 Å². The molecule has 0 saturated carbocycles. The summed E-state index contributed by atoms with van der Waals surface area (Å²) < 4.78 is 16.3. The first-order valence-electron chi connectivity index (χ1n) is 6.58. The number of halogens is 3. The van der Waals surface area contributed by atoms with Crippen LogP contribution in [0.5, 0.6) is 0 Å². The lowest BCUT2D eigenvalue weighted by Gasteiger charge is -2.09. The number of imidazole rings is 1. The van der Waals surface area contributed by atoms with Crippen LogP contribution in [0.3, 0.4) is 0 Å². The molecule has 0 spiro atoms. The molecule has 1 atom stereocenters. The molecule has 3 rings (SSSR count). The largest absolute Gasteiger partial charge is 0.326 e. The molecule has 2 heterocycles. The second-order valence-corrected chi connectivity index (χ2v) is 7.28. The molecular weight excluding hydrogens is 330 g/mol. The molecule has 110 valence electrons. The molecular formula is C15H13Cl2FN2S. The van der Waals surface area contributed by atoms with Crippen molar-refractivity contribution in [3.05, 3.63) is 51.2 Å². The van der Waals surface area contributed by atoms with Crippen LogP contribution in [0.4, 0.5) is 4.39 Å². The molecule has 0 aliphatic rings. The molecule has 0 bridgehead atoms. The predicted octanol–water partition coefficient (Wildman–Crippen LogP) is 5.43. The van der Waals surface area contributed by atoms with Crippen LogP contribution in [-0.2, 0) is 13.0 Å². The van der Waals surface area contributed by atoms with Gasteiger partial charge in [0, 0.05) is 11.4 Å². The Morgan fingerprint density at radius 2 is 2.14 bits per heavy atom. The third kappa shape index (κ3) is 3.07. The normalized spacial score (nSPS) is 13.0. The number of rotatable bonds is 4. The highest BCUT2D eigenvalue weighted by Gasteiger charge is 2.15. The molecule has 0 aliphatic carbocycles. The highest BCUT2D eigenvalue weighted by molar-refractivity contribution is 7.16. The van der Waals surface area contributed by atoms with Gasteiger partial charge in [-0.3, -0.25) is 0 Å². The molecule has 1 unspecified atom stereocenters. The molecule has 1 aromatic carbocycles. The number of aryl methyl sites for hydroxylation is 2. The summed E-state index contributed by atoms with van der Waals surface area (Å²) >= 11 is 13.7. The van der Waals surface area contributed by atoms with Crippen LogP contribution in [0, 0.1) is 5.82 Å². The van der Waals surface area contributed by atoms with Crippen LogP contribution in [0.2, 0.25) is 4.34 Å². The van der Waals surface area contributed by atoms with E-state index < -0.39 is 0 Å². The third-order valence-electron chi connectivity index (χ3n) is 3.31. The maximum absolute atomic E-state index is 13.5. The fourth-order valence-electron chi connectivity index (χ4n) is 2.36. The molecule has 21 heavy (non-hydrogen) atoms. The van der Waals surface area contributed by atoms with Crippen LogP contribution in [0.15, 0.2) is 30.3 Å². The van der Waals surface area contributed by atoms with Gasteiger partial charge in [-0.15, -0.1) is 22.9 Å². The van der Waals surface area contributed by atoms with E-state index in [-0.39, 0.29) is 11.2 Å². The van der Waals surface area contributed by atoms with Crippen molar-refractivity contribution in [2.24, 2.45) is 0 Å². The van der Waals surface area contributed by atoms with Crippen molar-refractivity contribution in [2.75, 3.05) is 0 Å². The zero-order chi connectivity index (χ0) is 15.0. The molecule has 0 saturated heterocycles. The van der Waals surface area contributed by atoms with E-state index in [1.165, 1.54) is 17.0 Å². The van der Waals surface area contributed by atoms with Crippen molar-refractivity contribution >= 4 is 45.6 Å². The summed E-state index contributed by atoms with van der Waals surface area (Å²) in [4.78, 5) is 5.70. The molecule has 3 aromatic rings. The lowest BCUT2D eigenvalue weighted by molar-refractivity contribution is 0.626. The Kier molecular flexibility index (Phi) is 4.20. The summed E-state index contributed by atoms with van der Waals surface area (Å²) in [5, 5.41) is -0.229. The van der Waals surface area contributed by atoms with E-state index in [0.717, 1.165) is 27.6 Å². The highest BCUT2D eigenvalue weighted by atomic mass is 35.5. The molecule has 2 aromatic heterocycles. The maximum Gasteiger partial charge on any atom is 0.127 e. The summed E-state index contributed by atoms with van der Waals surface area (Å²) in [6.07, 6.45) is 0.815. The van der Waals surface area contributed by atoms with Gasteiger partial charge in [-0.25, -0.2) is 9.37 Å². The average Bonchev–Trinajstić information content (AvgIpc) is 3.00. The van der Waals surface area contributed by atoms with Crippen molar-refractivity contribution in [2.45, 2.75) is 25.3 Å². The van der Waals surface area contributed by atoms with Gasteiger partial charge in [0.05, 0.1) is 20.7 Å². The number of alkyl halides is 1. The second kappa shape index (κ2) is 5.95. The molecule has 2 nitrogen and oxygen atoms in total. The Morgan fingerprint density at radius 1 is 1.33 bits per heavy atom. The van der Waals surface area contributed by atoms with E-state index in [4.69, 9.17) is 23.2 Å². The summed E-state index contributed by atoms with van der Waals surface area (Å²) in [6.45, 7) is 2.57. The minimum absolute atomic E-state index is 0.229. The van der Waals surface area contributed by atoms with Crippen LogP contribution in [-0.4, -0.2) is 9.55 Å². The number of benzene rings is 1. The SMILES string of the molecule is CC(Cl)c1nc2ccc(F)cc2n1CCc1ccc(Cl)s1. The molecule has 0 amide bonds. The van der Waals surface area contributed by atoms with Gasteiger partial charge >= 0.3 is 0 Å². The van der Waals surface area contributed by atoms with E-state index in [2.05, 4.69) is 4.98 Å². The van der Waals surface area contributed by atoms with Crippen LogP contribution in [0.25, 0.3) is 11.0 Å². The molecule has 0 N–H and O–H groups in total. The van der Waals surface area contributed by atoms with Gasteiger partial charge in [0.25, 0.3) is 0 Å². The van der Waals surface area contributed by atoms with Gasteiger partial charge in [-0.1, -0.05) is 11.6 Å². The average molecular weight is 343 g/mol. The summed E-state index contributed by atoms with van der Waals surface area (Å²) in [6, 6.07) is 8.51. The van der Waals surface area contributed by atoms with E-state index >= 15 is 0 Å². The van der Waals surface area contributed by atoms with E-state index in [0.29, 0.717) is 6.54 Å². The quantitative estimate of drug-likeness (QED) is 0.577. The second-order valence-electron chi connectivity index (χ2n) is 4.83. The smallest absolute Gasteiger partial charge is 0.127 e. The highest BCUT2D eigenvalue weighted by Crippen LogP contribution is 2.27. The van der Waals surface area contributed by atoms with Crippen molar-refractivity contribution in [1.82, 2.24) is 9.55 Å². The topological polar surface area (TPSA) is 17.8 Å². The zero-order valence-corrected chi connectivity index (χ0v) is 13.6. The Hall–Kier alpha value is -1.10. The number of fused-ring (bicyclic) bond motifs is 1. The monoisotopic (exact) mass is 342 g/mol. The first-order valence-corrected chi connectivity index (χ1v) is 8.21. The maximum atomic E-state index is 13.5. The minimum Gasteiger partial charge on any atom is -0.326 e. The number of nitrogens with zero attached hydrogens (tertiary/aromatic N) is 2. The Morgan fingerprint density at radius 3 is 2.81 bits per heavy atom. The summed E-state index contributed by atoms with van der Waals surface area (Å²) in [7, 11) is 0. The molecule has 0 aliphatic heterocycles. The lowest BCUT2D eigenvalue weighted by Crippen LogP contribution is -2.06. The number of hydrogen-bond acceptors (Lipinski definition) is 2. The minimum atomic E-state index is -0.267. The van der Waals surface area contributed by atoms with E-state index in [1.807, 2.05) is 23.6 Å². The van der Waals surface area contributed by atoms with Crippen molar-refractivity contribution in [3.63, 3.8) is 0 Å². The van der Waals surface area contributed by atoms with E-state index in [1.54, 1.807) is 17.4 Å². The first kappa shape index (κ1) is 14.8. The summed E-state index contributed by atoms with van der Waals surface area (Å²) in [5.41, 5.74) is 1.54. The standard InChI is InChI=1S/C15H13Cl2FN2S/c1-9(16)15-19-12-4-2-10(18)8-13(12)20(15)7-6-11-3-5-14(17)21-11/h2-5,8-9H,6-7H2,1H3. The molecule has 0 fully saturated rings. The number of hydrogen-bond donors (Lipinski definition) is 0. The first-order chi connectivity index (χ1) is 10.0. The van der Waals surface area contributed by atoms with Gasteiger partial charge in [0.15, 0.2) is 0 Å². The Bertz CT molecular complexity index is 779. The molecule has 6 heteroatoms. The van der Waals surface area contributed by atoms with Crippen molar-refractivity contribution in [1.29, 1.82) is 0 Å². The Labute approximate surface area is 136 Å². The number of aromatic nitrogens is 2. The van der Waals surface area contributed by atoms with Crippen LogP contribution in [0.1, 0.15) is 23.0 Å². The van der Waals surface area contributed by atoms with Crippen LogP contribution >= 0.6 is 34.5 Å². The van der Waals surface area contributed by atoms with Gasteiger partial charge in [-0.2, -0.15) is 0 Å². The predicted molar refractivity (Wildman–Crippen MR) is 87.0 cm³/mol. The van der Waals surface area contributed by atoms with Gasteiger partial charge in [0.1, 0.15) is 11.6 Å². The fourth-order valence-corrected chi connectivity index (χ4v) is 3.60. The summed E-state index contributed by atoms with van der Waals surface area (Å²) in [5.74, 6) is 0.497. The van der Waals surface area contributed by atoms with Gasteiger partial charge in [-0.05, 0) is 43.7 Å². The lowest BCUT2D eigenvalue weighted by atomic mass is 10.3. The molecule has 0 radical (unpaired) electrons. The zero-order valence-electron chi connectivity index (χ0n) is 11.3. The van der Waals surface area contributed by atoms with E-state index in [9.17, 15) is 4.39 Å². The van der Waals surface area contributed by atoms with Gasteiger partial charge in [0.2, 0.25) is 0 Å². The van der Waals surface area contributed by atoms with Crippen molar-refractivity contribution in [3.8, 4) is 0 Å². The fraction of sp³-hybridized carbons (Fsp3) is 0.267.